The van der Waals surface area contributed by atoms with Gasteiger partial charge >= 0.3 is 12.6 Å². The van der Waals surface area contributed by atoms with Crippen molar-refractivity contribution in [1.82, 2.24) is 0 Å². The monoisotopic (exact) mass is 234 g/mol. The zero-order chi connectivity index (χ0) is 12.3. The predicted molar refractivity (Wildman–Crippen MR) is 49.1 cm³/mol. The third kappa shape index (κ3) is 2.88. The maximum absolute atomic E-state index is 13.4. The summed E-state index contributed by atoms with van der Waals surface area (Å²) in [6.07, 6.45) is -0.363. The molecule has 0 aliphatic rings. The Labute approximate surface area is 89.5 Å². The first kappa shape index (κ1) is 12.4. The van der Waals surface area contributed by atoms with E-state index in [1.807, 2.05) is 0 Å². The summed E-state index contributed by atoms with van der Waals surface area (Å²) in [5, 5.41) is 8.52. The van der Waals surface area contributed by atoms with Crippen LogP contribution in [0.25, 0.3) is 0 Å². The van der Waals surface area contributed by atoms with Crippen molar-refractivity contribution in [2.24, 2.45) is 0 Å². The fourth-order valence-corrected chi connectivity index (χ4v) is 1.24. The lowest BCUT2D eigenvalue weighted by molar-refractivity contribution is -0.136. The molecule has 0 heterocycles. The Morgan fingerprint density at radius 2 is 2.12 bits per heavy atom. The molecule has 0 fully saturated rings. The molecule has 1 aromatic carbocycles. The first-order valence-corrected chi connectivity index (χ1v) is 4.36. The van der Waals surface area contributed by atoms with Crippen molar-refractivity contribution in [1.29, 1.82) is 0 Å². The normalized spacial score (nSPS) is 10.6. The van der Waals surface area contributed by atoms with Gasteiger partial charge in [0.15, 0.2) is 11.6 Å². The second-order valence-electron chi connectivity index (χ2n) is 3.11. The van der Waals surface area contributed by atoms with E-state index >= 15 is 0 Å². The molecule has 0 atom stereocenters. The first-order chi connectivity index (χ1) is 7.41. The number of carboxylic acid groups (broad SMARTS) is 1. The molecule has 0 aliphatic heterocycles. The van der Waals surface area contributed by atoms with Gasteiger partial charge in [0.2, 0.25) is 0 Å². The zero-order valence-corrected chi connectivity index (χ0v) is 8.34. The lowest BCUT2D eigenvalue weighted by atomic mass is 10.0. The smallest absolute Gasteiger partial charge is 0.387 e. The summed E-state index contributed by atoms with van der Waals surface area (Å²) in [5.41, 5.74) is 0.229. The van der Waals surface area contributed by atoms with Gasteiger partial charge in [0.05, 0.1) is 6.42 Å². The molecular formula is C10H9F3O3. The molecule has 0 aromatic heterocycles. The van der Waals surface area contributed by atoms with Crippen LogP contribution in [0, 0.1) is 12.7 Å². The van der Waals surface area contributed by atoms with Gasteiger partial charge in [0.25, 0.3) is 0 Å². The molecule has 0 aliphatic carbocycles. The van der Waals surface area contributed by atoms with E-state index in [9.17, 15) is 18.0 Å². The van der Waals surface area contributed by atoms with Crippen LogP contribution in [0.2, 0.25) is 0 Å². The molecule has 1 N–H and O–H groups in total. The highest BCUT2D eigenvalue weighted by atomic mass is 19.3. The second kappa shape index (κ2) is 4.87. The van der Waals surface area contributed by atoms with Crippen LogP contribution < -0.4 is 4.74 Å². The van der Waals surface area contributed by atoms with E-state index in [2.05, 4.69) is 4.74 Å². The average molecular weight is 234 g/mol. The van der Waals surface area contributed by atoms with Gasteiger partial charge in [-0.3, -0.25) is 4.79 Å². The molecule has 3 nitrogen and oxygen atoms in total. The molecular weight excluding hydrogens is 225 g/mol. The Morgan fingerprint density at radius 3 is 2.62 bits per heavy atom. The SMILES string of the molecule is Cc1c(CC(=O)O)ccc(OC(F)F)c1F. The summed E-state index contributed by atoms with van der Waals surface area (Å²) < 4.78 is 41.1. The Morgan fingerprint density at radius 1 is 1.50 bits per heavy atom. The molecule has 16 heavy (non-hydrogen) atoms. The zero-order valence-electron chi connectivity index (χ0n) is 8.34. The van der Waals surface area contributed by atoms with Gasteiger partial charge < -0.3 is 9.84 Å². The van der Waals surface area contributed by atoms with E-state index < -0.39 is 24.1 Å². The molecule has 0 bridgehead atoms. The lowest BCUT2D eigenvalue weighted by Gasteiger charge is -2.10. The minimum Gasteiger partial charge on any atom is -0.481 e. The highest BCUT2D eigenvalue weighted by Gasteiger charge is 2.15. The minimum absolute atomic E-state index is 0.000509. The van der Waals surface area contributed by atoms with Crippen molar-refractivity contribution in [3.8, 4) is 5.75 Å². The summed E-state index contributed by atoms with van der Waals surface area (Å²) in [7, 11) is 0. The molecule has 0 unspecified atom stereocenters. The van der Waals surface area contributed by atoms with Gasteiger partial charge in [-0.15, -0.1) is 0 Å². The van der Waals surface area contributed by atoms with Crippen molar-refractivity contribution >= 4 is 5.97 Å². The largest absolute Gasteiger partial charge is 0.481 e. The van der Waals surface area contributed by atoms with Crippen LogP contribution in [-0.2, 0) is 11.2 Å². The van der Waals surface area contributed by atoms with Crippen molar-refractivity contribution in [2.75, 3.05) is 0 Å². The quantitative estimate of drug-likeness (QED) is 0.869. The Kier molecular flexibility index (Phi) is 3.76. The number of hydrogen-bond acceptors (Lipinski definition) is 2. The number of hydrogen-bond donors (Lipinski definition) is 1. The van der Waals surface area contributed by atoms with E-state index in [0.29, 0.717) is 0 Å². The van der Waals surface area contributed by atoms with Crippen LogP contribution in [-0.4, -0.2) is 17.7 Å². The van der Waals surface area contributed by atoms with Gasteiger partial charge in [-0.25, -0.2) is 4.39 Å². The van der Waals surface area contributed by atoms with Gasteiger partial charge in [-0.1, -0.05) is 6.07 Å². The number of carbonyl (C=O) groups is 1. The van der Waals surface area contributed by atoms with Gasteiger partial charge in [-0.05, 0) is 24.1 Å². The molecule has 0 radical (unpaired) electrons. The highest BCUT2D eigenvalue weighted by molar-refractivity contribution is 5.70. The first-order valence-electron chi connectivity index (χ1n) is 4.36. The van der Waals surface area contributed by atoms with Crippen molar-refractivity contribution in [3.63, 3.8) is 0 Å². The van der Waals surface area contributed by atoms with Crippen molar-refractivity contribution < 1.29 is 27.8 Å². The molecule has 1 aromatic rings. The molecule has 6 heteroatoms. The number of rotatable bonds is 4. The maximum Gasteiger partial charge on any atom is 0.387 e. The number of ether oxygens (including phenoxy) is 1. The average Bonchev–Trinajstić information content (AvgIpc) is 2.16. The molecule has 0 saturated heterocycles. The summed E-state index contributed by atoms with van der Waals surface area (Å²) in [6.45, 7) is -1.80. The maximum atomic E-state index is 13.4. The fourth-order valence-electron chi connectivity index (χ4n) is 1.24. The number of carboxylic acids is 1. The van der Waals surface area contributed by atoms with Gasteiger partial charge in [0, 0.05) is 0 Å². The Balaban J connectivity index is 3.03. The Hall–Kier alpha value is -1.72. The van der Waals surface area contributed by atoms with Crippen molar-refractivity contribution in [3.05, 3.63) is 29.1 Å². The summed E-state index contributed by atoms with van der Waals surface area (Å²) in [5.74, 6) is -2.66. The van der Waals surface area contributed by atoms with Crippen LogP contribution in [0.3, 0.4) is 0 Å². The third-order valence-electron chi connectivity index (χ3n) is 2.02. The third-order valence-corrected chi connectivity index (χ3v) is 2.02. The highest BCUT2D eigenvalue weighted by Crippen LogP contribution is 2.25. The number of alkyl halides is 2. The predicted octanol–water partition coefficient (Wildman–Crippen LogP) is 2.36. The summed E-state index contributed by atoms with van der Waals surface area (Å²) in [6, 6.07) is 2.25. The molecule has 0 saturated carbocycles. The van der Waals surface area contributed by atoms with Crippen molar-refractivity contribution in [2.45, 2.75) is 20.0 Å². The van der Waals surface area contributed by atoms with E-state index in [1.54, 1.807) is 0 Å². The molecule has 0 amide bonds. The standard InChI is InChI=1S/C10H9F3O3/c1-5-6(4-8(14)15)2-3-7(9(5)11)16-10(12)13/h2-3,10H,4H2,1H3,(H,14,15). The molecule has 0 spiro atoms. The minimum atomic E-state index is -3.11. The molecule has 1 rings (SSSR count). The second-order valence-corrected chi connectivity index (χ2v) is 3.11. The number of aliphatic carboxylic acids is 1. The number of benzene rings is 1. The topological polar surface area (TPSA) is 46.5 Å². The fraction of sp³-hybridized carbons (Fsp3) is 0.300. The van der Waals surface area contributed by atoms with Crippen LogP contribution in [0.5, 0.6) is 5.75 Å². The van der Waals surface area contributed by atoms with Crippen LogP contribution in [0.15, 0.2) is 12.1 Å². The van der Waals surface area contributed by atoms with Gasteiger partial charge in [-0.2, -0.15) is 8.78 Å². The molecule has 88 valence electrons. The van der Waals surface area contributed by atoms with Crippen LogP contribution in [0.4, 0.5) is 13.2 Å². The van der Waals surface area contributed by atoms with E-state index in [-0.39, 0.29) is 17.5 Å². The Bertz CT molecular complexity index is 405. The van der Waals surface area contributed by atoms with E-state index in [4.69, 9.17) is 5.11 Å². The summed E-state index contributed by atoms with van der Waals surface area (Å²) in [4.78, 5) is 10.4. The van der Waals surface area contributed by atoms with Crippen LogP contribution >= 0.6 is 0 Å². The van der Waals surface area contributed by atoms with Crippen LogP contribution in [0.1, 0.15) is 11.1 Å². The summed E-state index contributed by atoms with van der Waals surface area (Å²) >= 11 is 0. The van der Waals surface area contributed by atoms with Gasteiger partial charge in [0.1, 0.15) is 0 Å². The van der Waals surface area contributed by atoms with E-state index in [1.165, 1.54) is 13.0 Å². The van der Waals surface area contributed by atoms with E-state index in [0.717, 1.165) is 6.07 Å². The number of halogens is 3. The lowest BCUT2D eigenvalue weighted by Crippen LogP contribution is -2.07.